The lowest BCUT2D eigenvalue weighted by molar-refractivity contribution is 0.212. The van der Waals surface area contributed by atoms with E-state index in [9.17, 15) is 0 Å². The van der Waals surface area contributed by atoms with E-state index in [0.717, 1.165) is 36.7 Å². The molecule has 1 aromatic rings. The van der Waals surface area contributed by atoms with Crippen LogP contribution in [-0.2, 0) is 0 Å². The number of hydrogen-bond donors (Lipinski definition) is 1. The van der Waals surface area contributed by atoms with Gasteiger partial charge in [0.15, 0.2) is 0 Å². The lowest BCUT2D eigenvalue weighted by Crippen LogP contribution is -2.34. The summed E-state index contributed by atoms with van der Waals surface area (Å²) in [6.07, 6.45) is 1.12. The molecule has 3 nitrogen and oxygen atoms in total. The van der Waals surface area contributed by atoms with Gasteiger partial charge in [-0.05, 0) is 69.3 Å². The molecule has 0 amide bonds. The average molecular weight is 288 g/mol. The fraction of sp³-hybridized carbons (Fsp3) is 0.667. The maximum absolute atomic E-state index is 5.97. The minimum absolute atomic E-state index is 0.728. The summed E-state index contributed by atoms with van der Waals surface area (Å²) in [7, 11) is 0. The molecule has 2 aliphatic heterocycles. The predicted octanol–water partition coefficient (Wildman–Crippen LogP) is 2.61. The highest BCUT2D eigenvalue weighted by atomic mass is 16.5. The molecule has 2 aliphatic rings. The largest absolute Gasteiger partial charge is 0.493 e. The van der Waals surface area contributed by atoms with Gasteiger partial charge >= 0.3 is 0 Å². The van der Waals surface area contributed by atoms with Crippen LogP contribution in [-0.4, -0.2) is 43.7 Å². The van der Waals surface area contributed by atoms with Crippen LogP contribution in [0.25, 0.3) is 0 Å². The van der Waals surface area contributed by atoms with Gasteiger partial charge in [0.1, 0.15) is 5.75 Å². The van der Waals surface area contributed by atoms with Crippen molar-refractivity contribution < 1.29 is 4.74 Å². The van der Waals surface area contributed by atoms with Crippen molar-refractivity contribution in [1.29, 1.82) is 0 Å². The minimum atomic E-state index is 0.728. The van der Waals surface area contributed by atoms with Crippen LogP contribution in [0, 0.1) is 25.7 Å². The molecule has 3 atom stereocenters. The Labute approximate surface area is 128 Å². The van der Waals surface area contributed by atoms with Gasteiger partial charge in [-0.1, -0.05) is 12.1 Å². The van der Waals surface area contributed by atoms with E-state index < -0.39 is 0 Å². The molecule has 0 saturated carbocycles. The van der Waals surface area contributed by atoms with E-state index >= 15 is 0 Å². The normalized spacial score (nSPS) is 28.8. The monoisotopic (exact) mass is 288 g/mol. The first-order valence-corrected chi connectivity index (χ1v) is 8.30. The smallest absolute Gasteiger partial charge is 0.122 e. The number of rotatable bonds is 5. The van der Waals surface area contributed by atoms with Gasteiger partial charge in [-0.25, -0.2) is 0 Å². The second-order valence-corrected chi connectivity index (χ2v) is 6.79. The maximum Gasteiger partial charge on any atom is 0.122 e. The van der Waals surface area contributed by atoms with Crippen molar-refractivity contribution in [3.63, 3.8) is 0 Å². The molecule has 116 valence electrons. The summed E-state index contributed by atoms with van der Waals surface area (Å²) in [5, 5.41) is 3.52. The summed E-state index contributed by atoms with van der Waals surface area (Å²) in [4.78, 5) is 2.66. The number of aryl methyl sites for hydroxylation is 2. The molecule has 21 heavy (non-hydrogen) atoms. The quantitative estimate of drug-likeness (QED) is 0.843. The molecule has 2 heterocycles. The Kier molecular flexibility index (Phi) is 4.51. The van der Waals surface area contributed by atoms with E-state index in [1.54, 1.807) is 0 Å². The SMILES string of the molecule is Cc1ccc(C)c(OCCCN2CC3CNCC3C2C)c1. The molecule has 2 fully saturated rings. The van der Waals surface area contributed by atoms with E-state index in [-0.39, 0.29) is 0 Å². The van der Waals surface area contributed by atoms with Crippen LogP contribution < -0.4 is 10.1 Å². The Hall–Kier alpha value is -1.06. The number of nitrogens with zero attached hydrogens (tertiary/aromatic N) is 1. The van der Waals surface area contributed by atoms with Crippen LogP contribution in [0.3, 0.4) is 0 Å². The van der Waals surface area contributed by atoms with Gasteiger partial charge in [-0.15, -0.1) is 0 Å². The summed E-state index contributed by atoms with van der Waals surface area (Å²) < 4.78 is 5.97. The van der Waals surface area contributed by atoms with E-state index in [1.165, 1.54) is 37.3 Å². The zero-order valence-corrected chi connectivity index (χ0v) is 13.6. The first-order valence-electron chi connectivity index (χ1n) is 8.30. The van der Waals surface area contributed by atoms with Gasteiger partial charge in [-0.3, -0.25) is 4.90 Å². The molecule has 3 heteroatoms. The summed E-state index contributed by atoms with van der Waals surface area (Å²) in [6, 6.07) is 7.15. The summed E-state index contributed by atoms with van der Waals surface area (Å²) >= 11 is 0. The molecule has 1 N–H and O–H groups in total. The lowest BCUT2D eigenvalue weighted by atomic mass is 9.95. The summed E-state index contributed by atoms with van der Waals surface area (Å²) in [5.41, 5.74) is 2.50. The first kappa shape index (κ1) is 14.9. The third-order valence-electron chi connectivity index (χ3n) is 5.25. The Morgan fingerprint density at radius 3 is 2.95 bits per heavy atom. The number of likely N-dealkylation sites (tertiary alicyclic amines) is 1. The summed E-state index contributed by atoms with van der Waals surface area (Å²) in [5.74, 6) is 2.79. The molecule has 0 aromatic heterocycles. The van der Waals surface area contributed by atoms with E-state index in [2.05, 4.69) is 49.2 Å². The van der Waals surface area contributed by atoms with Gasteiger partial charge in [0.05, 0.1) is 6.61 Å². The average Bonchev–Trinajstić information content (AvgIpc) is 3.03. The number of hydrogen-bond acceptors (Lipinski definition) is 3. The molecule has 0 aliphatic carbocycles. The number of fused-ring (bicyclic) bond motifs is 1. The number of ether oxygens (including phenoxy) is 1. The third kappa shape index (κ3) is 3.24. The highest BCUT2D eigenvalue weighted by molar-refractivity contribution is 5.35. The Morgan fingerprint density at radius 2 is 2.14 bits per heavy atom. The van der Waals surface area contributed by atoms with Crippen molar-refractivity contribution >= 4 is 0 Å². The molecule has 3 rings (SSSR count). The van der Waals surface area contributed by atoms with Crippen LogP contribution in [0.5, 0.6) is 5.75 Å². The second kappa shape index (κ2) is 6.37. The van der Waals surface area contributed by atoms with Gasteiger partial charge in [-0.2, -0.15) is 0 Å². The Morgan fingerprint density at radius 1 is 1.29 bits per heavy atom. The van der Waals surface area contributed by atoms with Crippen LogP contribution in [0.4, 0.5) is 0 Å². The van der Waals surface area contributed by atoms with Crippen LogP contribution in [0.1, 0.15) is 24.5 Å². The van der Waals surface area contributed by atoms with Crippen molar-refractivity contribution in [3.8, 4) is 5.75 Å². The van der Waals surface area contributed by atoms with Crippen LogP contribution in [0.2, 0.25) is 0 Å². The van der Waals surface area contributed by atoms with Gasteiger partial charge < -0.3 is 10.1 Å². The van der Waals surface area contributed by atoms with Crippen LogP contribution >= 0.6 is 0 Å². The van der Waals surface area contributed by atoms with E-state index in [0.29, 0.717) is 0 Å². The van der Waals surface area contributed by atoms with Gasteiger partial charge in [0.2, 0.25) is 0 Å². The number of benzene rings is 1. The zero-order valence-electron chi connectivity index (χ0n) is 13.6. The third-order valence-corrected chi connectivity index (χ3v) is 5.25. The van der Waals surface area contributed by atoms with Crippen molar-refractivity contribution in [1.82, 2.24) is 10.2 Å². The van der Waals surface area contributed by atoms with Gasteiger partial charge in [0, 0.05) is 19.1 Å². The molecule has 1 aromatic carbocycles. The first-order chi connectivity index (χ1) is 10.1. The second-order valence-electron chi connectivity index (χ2n) is 6.79. The Bertz CT molecular complexity index is 488. The predicted molar refractivity (Wildman–Crippen MR) is 86.9 cm³/mol. The standard InChI is InChI=1S/C18H28N2O/c1-13-5-6-14(2)18(9-13)21-8-4-7-20-12-16-10-19-11-17(16)15(20)3/h5-6,9,15-17,19H,4,7-8,10-12H2,1-3H3. The highest BCUT2D eigenvalue weighted by Gasteiger charge is 2.41. The molecule has 0 radical (unpaired) electrons. The van der Waals surface area contributed by atoms with Crippen molar-refractivity contribution in [2.45, 2.75) is 33.2 Å². The minimum Gasteiger partial charge on any atom is -0.493 e. The maximum atomic E-state index is 5.97. The summed E-state index contributed by atoms with van der Waals surface area (Å²) in [6.45, 7) is 12.3. The zero-order chi connectivity index (χ0) is 14.8. The van der Waals surface area contributed by atoms with Crippen molar-refractivity contribution in [3.05, 3.63) is 29.3 Å². The fourth-order valence-corrected chi connectivity index (χ4v) is 3.86. The van der Waals surface area contributed by atoms with Crippen molar-refractivity contribution in [2.24, 2.45) is 11.8 Å². The van der Waals surface area contributed by atoms with Crippen LogP contribution in [0.15, 0.2) is 18.2 Å². The molecule has 3 unspecified atom stereocenters. The highest BCUT2D eigenvalue weighted by Crippen LogP contribution is 2.32. The molecule has 2 saturated heterocycles. The van der Waals surface area contributed by atoms with Crippen molar-refractivity contribution in [2.75, 3.05) is 32.8 Å². The molecular weight excluding hydrogens is 260 g/mol. The van der Waals surface area contributed by atoms with E-state index in [4.69, 9.17) is 4.74 Å². The lowest BCUT2D eigenvalue weighted by Gasteiger charge is -2.24. The number of nitrogens with one attached hydrogen (secondary N) is 1. The molecular formula is C18H28N2O. The van der Waals surface area contributed by atoms with E-state index in [1.807, 2.05) is 0 Å². The van der Waals surface area contributed by atoms with Gasteiger partial charge in [0.25, 0.3) is 0 Å². The topological polar surface area (TPSA) is 24.5 Å². The Balaban J connectivity index is 1.43. The fourth-order valence-electron chi connectivity index (χ4n) is 3.86. The molecule has 0 bridgehead atoms. The molecule has 0 spiro atoms.